The van der Waals surface area contributed by atoms with Gasteiger partial charge in [0.2, 0.25) is 0 Å². The Labute approximate surface area is 106 Å². The Hall–Kier alpha value is -1.88. The van der Waals surface area contributed by atoms with E-state index in [0.29, 0.717) is 12.2 Å². The molecule has 1 aliphatic heterocycles. The maximum Gasteiger partial charge on any atom is 0.292 e. The van der Waals surface area contributed by atoms with Crippen molar-refractivity contribution in [2.45, 2.75) is 19.4 Å². The number of ether oxygens (including phenoxy) is 1. The standard InChI is InChI=1S/C13H16N2O3/c1-2-3-10-4-5-13(15(16)17)12(8-10)14-9-11-6-7-18-11/h2-5,8,11,14H,6-7,9H2,1H3/b3-2+/t11-/m0/s1. The minimum absolute atomic E-state index is 0.0996. The lowest BCUT2D eigenvalue weighted by atomic mass is 10.1. The molecule has 1 aromatic carbocycles. The summed E-state index contributed by atoms with van der Waals surface area (Å²) in [6.07, 6.45) is 5.00. The van der Waals surface area contributed by atoms with E-state index in [9.17, 15) is 10.1 Å². The van der Waals surface area contributed by atoms with Gasteiger partial charge in [0.05, 0.1) is 11.0 Å². The van der Waals surface area contributed by atoms with Crippen LogP contribution in [-0.4, -0.2) is 24.2 Å². The lowest BCUT2D eigenvalue weighted by Crippen LogP contribution is -2.33. The molecule has 5 nitrogen and oxygen atoms in total. The van der Waals surface area contributed by atoms with Gasteiger partial charge in [0.25, 0.3) is 5.69 Å². The van der Waals surface area contributed by atoms with E-state index in [1.807, 2.05) is 19.1 Å². The van der Waals surface area contributed by atoms with Crippen molar-refractivity contribution in [3.8, 4) is 0 Å². The van der Waals surface area contributed by atoms with Crippen LogP contribution in [0.4, 0.5) is 11.4 Å². The Morgan fingerprint density at radius 1 is 1.61 bits per heavy atom. The first-order chi connectivity index (χ1) is 8.70. The van der Waals surface area contributed by atoms with Crippen LogP contribution in [0.25, 0.3) is 6.08 Å². The molecule has 0 saturated carbocycles. The van der Waals surface area contributed by atoms with E-state index in [1.165, 1.54) is 6.07 Å². The second kappa shape index (κ2) is 5.64. The van der Waals surface area contributed by atoms with E-state index < -0.39 is 0 Å². The van der Waals surface area contributed by atoms with Crippen molar-refractivity contribution in [3.63, 3.8) is 0 Å². The molecular formula is C13H16N2O3. The van der Waals surface area contributed by atoms with Crippen molar-refractivity contribution >= 4 is 17.5 Å². The van der Waals surface area contributed by atoms with E-state index in [4.69, 9.17) is 4.74 Å². The summed E-state index contributed by atoms with van der Waals surface area (Å²) in [5.41, 5.74) is 1.59. The van der Waals surface area contributed by atoms with Crippen LogP contribution < -0.4 is 5.32 Å². The second-order valence-electron chi connectivity index (χ2n) is 4.20. The molecule has 1 aromatic rings. The minimum atomic E-state index is -0.372. The van der Waals surface area contributed by atoms with Gasteiger partial charge < -0.3 is 10.1 Å². The van der Waals surface area contributed by atoms with Crippen molar-refractivity contribution in [3.05, 3.63) is 40.0 Å². The minimum Gasteiger partial charge on any atom is -0.377 e. The predicted octanol–water partition coefficient (Wildman–Crippen LogP) is 2.83. The monoisotopic (exact) mass is 248 g/mol. The highest BCUT2D eigenvalue weighted by molar-refractivity contribution is 5.67. The van der Waals surface area contributed by atoms with Crippen LogP contribution in [0, 0.1) is 10.1 Å². The number of nitro benzene ring substituents is 1. The summed E-state index contributed by atoms with van der Waals surface area (Å²) in [6.45, 7) is 3.31. The number of anilines is 1. The van der Waals surface area contributed by atoms with Crippen LogP contribution in [0.15, 0.2) is 24.3 Å². The molecule has 1 aliphatic rings. The molecule has 0 radical (unpaired) electrons. The van der Waals surface area contributed by atoms with E-state index in [-0.39, 0.29) is 16.7 Å². The topological polar surface area (TPSA) is 64.4 Å². The first-order valence-corrected chi connectivity index (χ1v) is 5.97. The van der Waals surface area contributed by atoms with Gasteiger partial charge in [-0.2, -0.15) is 0 Å². The van der Waals surface area contributed by atoms with Gasteiger partial charge in [0.15, 0.2) is 0 Å². The molecule has 1 atom stereocenters. The SMILES string of the molecule is C/C=C/c1ccc([N+](=O)[O-])c(NC[C@@H]2CCO2)c1. The maximum absolute atomic E-state index is 10.9. The van der Waals surface area contributed by atoms with Crippen molar-refractivity contribution in [1.29, 1.82) is 0 Å². The largest absolute Gasteiger partial charge is 0.377 e. The number of allylic oxidation sites excluding steroid dienone is 1. The third-order valence-electron chi connectivity index (χ3n) is 2.89. The number of benzene rings is 1. The number of hydrogen-bond donors (Lipinski definition) is 1. The Morgan fingerprint density at radius 2 is 2.39 bits per heavy atom. The third kappa shape index (κ3) is 2.87. The summed E-state index contributed by atoms with van der Waals surface area (Å²) in [5, 5.41) is 14.0. The van der Waals surface area contributed by atoms with Crippen molar-refractivity contribution in [1.82, 2.24) is 0 Å². The van der Waals surface area contributed by atoms with Crippen LogP contribution in [0.1, 0.15) is 18.9 Å². The van der Waals surface area contributed by atoms with E-state index in [0.717, 1.165) is 18.6 Å². The molecule has 0 amide bonds. The Kier molecular flexibility index (Phi) is 3.94. The molecule has 18 heavy (non-hydrogen) atoms. The summed E-state index contributed by atoms with van der Waals surface area (Å²) in [7, 11) is 0. The number of hydrogen-bond acceptors (Lipinski definition) is 4. The van der Waals surface area contributed by atoms with Crippen LogP contribution in [0.3, 0.4) is 0 Å². The number of nitrogens with one attached hydrogen (secondary N) is 1. The Balaban J connectivity index is 2.16. The fourth-order valence-corrected chi connectivity index (χ4v) is 1.82. The average Bonchev–Trinajstić information content (AvgIpc) is 2.27. The highest BCUT2D eigenvalue weighted by atomic mass is 16.6. The van der Waals surface area contributed by atoms with Gasteiger partial charge >= 0.3 is 0 Å². The summed E-state index contributed by atoms with van der Waals surface area (Å²) in [4.78, 5) is 10.6. The van der Waals surface area contributed by atoms with E-state index >= 15 is 0 Å². The highest BCUT2D eigenvalue weighted by Gasteiger charge is 2.20. The molecule has 1 N–H and O–H groups in total. The van der Waals surface area contributed by atoms with E-state index in [2.05, 4.69) is 5.32 Å². The summed E-state index contributed by atoms with van der Waals surface area (Å²) in [5.74, 6) is 0. The Bertz CT molecular complexity index is 467. The van der Waals surface area contributed by atoms with Crippen molar-refractivity contribution in [2.75, 3.05) is 18.5 Å². The molecule has 1 saturated heterocycles. The number of nitro groups is 1. The molecule has 96 valence electrons. The molecule has 2 rings (SSSR count). The highest BCUT2D eigenvalue weighted by Crippen LogP contribution is 2.26. The zero-order valence-corrected chi connectivity index (χ0v) is 10.3. The van der Waals surface area contributed by atoms with Crippen LogP contribution in [0.2, 0.25) is 0 Å². The van der Waals surface area contributed by atoms with Gasteiger partial charge in [-0.3, -0.25) is 10.1 Å². The fourth-order valence-electron chi connectivity index (χ4n) is 1.82. The summed E-state index contributed by atoms with van der Waals surface area (Å²) < 4.78 is 5.28. The van der Waals surface area contributed by atoms with Crippen LogP contribution in [0.5, 0.6) is 0 Å². The molecule has 0 aromatic heterocycles. The third-order valence-corrected chi connectivity index (χ3v) is 2.89. The van der Waals surface area contributed by atoms with Crippen molar-refractivity contribution < 1.29 is 9.66 Å². The van der Waals surface area contributed by atoms with Crippen LogP contribution in [-0.2, 0) is 4.74 Å². The zero-order valence-electron chi connectivity index (χ0n) is 10.3. The van der Waals surface area contributed by atoms with Gasteiger partial charge in [-0.05, 0) is 31.0 Å². The average molecular weight is 248 g/mol. The predicted molar refractivity (Wildman–Crippen MR) is 70.7 cm³/mol. The fraction of sp³-hybridized carbons (Fsp3) is 0.385. The molecule has 0 spiro atoms. The summed E-state index contributed by atoms with van der Waals surface area (Å²) >= 11 is 0. The normalized spacial score (nSPS) is 18.6. The lowest BCUT2D eigenvalue weighted by molar-refractivity contribution is -0.384. The molecule has 1 heterocycles. The first-order valence-electron chi connectivity index (χ1n) is 5.97. The quantitative estimate of drug-likeness (QED) is 0.642. The molecule has 0 bridgehead atoms. The van der Waals surface area contributed by atoms with Gasteiger partial charge in [-0.15, -0.1) is 0 Å². The van der Waals surface area contributed by atoms with Gasteiger partial charge in [-0.25, -0.2) is 0 Å². The van der Waals surface area contributed by atoms with Crippen molar-refractivity contribution in [2.24, 2.45) is 0 Å². The lowest BCUT2D eigenvalue weighted by Gasteiger charge is -2.26. The van der Waals surface area contributed by atoms with Gasteiger partial charge in [0.1, 0.15) is 5.69 Å². The molecule has 0 unspecified atom stereocenters. The zero-order chi connectivity index (χ0) is 13.0. The Morgan fingerprint density at radius 3 is 2.94 bits per heavy atom. The smallest absolute Gasteiger partial charge is 0.292 e. The second-order valence-corrected chi connectivity index (χ2v) is 4.20. The van der Waals surface area contributed by atoms with E-state index in [1.54, 1.807) is 12.1 Å². The molecule has 0 aliphatic carbocycles. The van der Waals surface area contributed by atoms with Gasteiger partial charge in [0, 0.05) is 19.2 Å². The maximum atomic E-state index is 10.9. The van der Waals surface area contributed by atoms with Gasteiger partial charge in [-0.1, -0.05) is 12.2 Å². The number of rotatable bonds is 5. The first kappa shape index (κ1) is 12.6. The molecule has 1 fully saturated rings. The van der Waals surface area contributed by atoms with Crippen LogP contribution >= 0.6 is 0 Å². The molecule has 5 heteroatoms. The number of nitrogens with zero attached hydrogens (tertiary/aromatic N) is 1. The molecular weight excluding hydrogens is 232 g/mol. The summed E-state index contributed by atoms with van der Waals surface area (Å²) in [6, 6.07) is 5.05.